The molecular formula is C33H42O6P2. The Morgan fingerprint density at radius 1 is 0.488 bits per heavy atom. The normalized spacial score (nSPS) is 12.6. The molecule has 0 spiro atoms. The molecule has 41 heavy (non-hydrogen) atoms. The third-order valence-corrected chi connectivity index (χ3v) is 10.2. The summed E-state index contributed by atoms with van der Waals surface area (Å²) in [5.41, 5.74) is 0. The van der Waals surface area contributed by atoms with Crippen LogP contribution in [0.2, 0.25) is 0 Å². The lowest BCUT2D eigenvalue weighted by Crippen LogP contribution is -2.16. The van der Waals surface area contributed by atoms with Crippen LogP contribution in [-0.2, 0) is 9.13 Å². The maximum absolute atomic E-state index is 12.2. The highest BCUT2D eigenvalue weighted by Crippen LogP contribution is 2.38. The van der Waals surface area contributed by atoms with Crippen LogP contribution >= 0.6 is 14.7 Å². The number of rotatable bonds is 10. The molecule has 2 atom stereocenters. The van der Waals surface area contributed by atoms with Gasteiger partial charge in [0.15, 0.2) is 0 Å². The van der Waals surface area contributed by atoms with Crippen molar-refractivity contribution in [3.63, 3.8) is 0 Å². The van der Waals surface area contributed by atoms with Gasteiger partial charge in [-0.3, -0.25) is 9.13 Å². The molecule has 220 valence electrons. The Morgan fingerprint density at radius 3 is 0.902 bits per heavy atom. The molecule has 0 saturated heterocycles. The minimum absolute atomic E-state index is 0.304. The lowest BCUT2D eigenvalue weighted by Gasteiger charge is -2.13. The predicted molar refractivity (Wildman–Crippen MR) is 170 cm³/mol. The Labute approximate surface area is 244 Å². The molecule has 4 aromatic rings. The number of hydrogen-bond acceptors (Lipinski definition) is 4. The molecule has 0 aliphatic rings. The van der Waals surface area contributed by atoms with Crippen LogP contribution in [0.15, 0.2) is 121 Å². The SMILES string of the molecule is CCCC(O)CC(O)CCC.O=P(O)(c1ccccc1)c1ccccc1.O=P(O)(c1ccccc1)c1ccccc1. The Bertz CT molecular complexity index is 1140. The standard InChI is InChI=1S/2C12H11O2P.C9H20O2/c2*13-15(14,11-7-3-1-4-8-11)12-9-5-2-6-10-12;1-3-5-8(10)7-9(11)6-4-2/h2*1-10H,(H,13,14);8-11H,3-7H2,1-2H3. The van der Waals surface area contributed by atoms with E-state index in [-0.39, 0.29) is 12.2 Å². The zero-order valence-corrected chi connectivity index (χ0v) is 25.5. The van der Waals surface area contributed by atoms with Crippen molar-refractivity contribution >= 4 is 36.0 Å². The summed E-state index contributed by atoms with van der Waals surface area (Å²) in [6.45, 7) is 4.07. The molecule has 0 fully saturated rings. The van der Waals surface area contributed by atoms with Gasteiger partial charge in [-0.05, 0) is 67.8 Å². The maximum atomic E-state index is 12.2. The van der Waals surface area contributed by atoms with Crippen LogP contribution in [0.1, 0.15) is 46.0 Å². The smallest absolute Gasteiger partial charge is 0.258 e. The van der Waals surface area contributed by atoms with Crippen LogP contribution in [-0.4, -0.2) is 32.2 Å². The number of aliphatic hydroxyl groups is 2. The molecular weight excluding hydrogens is 554 g/mol. The van der Waals surface area contributed by atoms with Crippen molar-refractivity contribution in [1.29, 1.82) is 0 Å². The summed E-state index contributed by atoms with van der Waals surface area (Å²) in [6.07, 6.45) is 3.52. The number of benzene rings is 4. The van der Waals surface area contributed by atoms with E-state index in [1.54, 1.807) is 97.1 Å². The van der Waals surface area contributed by atoms with Crippen molar-refractivity contribution in [2.24, 2.45) is 0 Å². The van der Waals surface area contributed by atoms with E-state index < -0.39 is 14.7 Å². The Hall–Kier alpha value is -2.82. The molecule has 0 heterocycles. The minimum Gasteiger partial charge on any atom is -0.393 e. The largest absolute Gasteiger partial charge is 0.393 e. The average molecular weight is 597 g/mol. The van der Waals surface area contributed by atoms with Crippen LogP contribution in [0.25, 0.3) is 0 Å². The summed E-state index contributed by atoms with van der Waals surface area (Å²) in [5.74, 6) is 0. The van der Waals surface area contributed by atoms with Crippen molar-refractivity contribution in [3.8, 4) is 0 Å². The Morgan fingerprint density at radius 2 is 0.707 bits per heavy atom. The monoisotopic (exact) mass is 596 g/mol. The molecule has 0 aliphatic carbocycles. The summed E-state index contributed by atoms with van der Waals surface area (Å²) in [4.78, 5) is 20.0. The van der Waals surface area contributed by atoms with Gasteiger partial charge in [0.05, 0.1) is 12.2 Å². The molecule has 0 amide bonds. The van der Waals surface area contributed by atoms with Crippen molar-refractivity contribution in [2.45, 2.75) is 58.2 Å². The van der Waals surface area contributed by atoms with Crippen LogP contribution in [0, 0.1) is 0 Å². The van der Waals surface area contributed by atoms with E-state index in [2.05, 4.69) is 0 Å². The molecule has 0 aromatic heterocycles. The Balaban J connectivity index is 0.000000219. The van der Waals surface area contributed by atoms with Crippen molar-refractivity contribution < 1.29 is 29.1 Å². The van der Waals surface area contributed by atoms with Crippen molar-refractivity contribution in [2.75, 3.05) is 0 Å². The highest BCUT2D eigenvalue weighted by molar-refractivity contribution is 7.73. The van der Waals surface area contributed by atoms with E-state index in [1.807, 2.05) is 38.1 Å². The predicted octanol–water partition coefficient (Wildman–Crippen LogP) is 5.51. The molecule has 4 rings (SSSR count). The third-order valence-electron chi connectivity index (χ3n) is 6.21. The van der Waals surface area contributed by atoms with Gasteiger partial charge in [-0.25, -0.2) is 0 Å². The molecule has 4 N–H and O–H groups in total. The summed E-state index contributed by atoms with van der Waals surface area (Å²) in [6, 6.07) is 34.8. The molecule has 2 unspecified atom stereocenters. The number of hydrogen-bond donors (Lipinski definition) is 4. The van der Waals surface area contributed by atoms with E-state index in [1.165, 1.54) is 0 Å². The van der Waals surface area contributed by atoms with Crippen LogP contribution < -0.4 is 21.2 Å². The van der Waals surface area contributed by atoms with Crippen LogP contribution in [0.4, 0.5) is 0 Å². The fourth-order valence-corrected chi connectivity index (χ4v) is 6.94. The third kappa shape index (κ3) is 11.5. The van der Waals surface area contributed by atoms with E-state index in [0.29, 0.717) is 27.6 Å². The Kier molecular flexibility index (Phi) is 15.0. The highest BCUT2D eigenvalue weighted by atomic mass is 31.2. The molecule has 6 nitrogen and oxygen atoms in total. The fourth-order valence-electron chi connectivity index (χ4n) is 4.03. The molecule has 0 aliphatic heterocycles. The molecule has 8 heteroatoms. The van der Waals surface area contributed by atoms with Crippen LogP contribution in [0.3, 0.4) is 0 Å². The van der Waals surface area contributed by atoms with Gasteiger partial charge in [-0.15, -0.1) is 0 Å². The molecule has 0 saturated carbocycles. The van der Waals surface area contributed by atoms with Gasteiger partial charge in [-0.1, -0.05) is 99.5 Å². The lowest BCUT2D eigenvalue weighted by atomic mass is 10.0. The number of aliphatic hydroxyl groups excluding tert-OH is 2. The van der Waals surface area contributed by atoms with Gasteiger partial charge in [0.25, 0.3) is 14.7 Å². The van der Waals surface area contributed by atoms with E-state index in [4.69, 9.17) is 0 Å². The topological polar surface area (TPSA) is 115 Å². The van der Waals surface area contributed by atoms with Gasteiger partial charge in [0, 0.05) is 21.2 Å². The minimum atomic E-state index is -3.40. The van der Waals surface area contributed by atoms with E-state index in [9.17, 15) is 29.1 Å². The fraction of sp³-hybridized carbons (Fsp3) is 0.273. The van der Waals surface area contributed by atoms with Crippen molar-refractivity contribution in [1.82, 2.24) is 0 Å². The van der Waals surface area contributed by atoms with E-state index in [0.717, 1.165) is 25.7 Å². The molecule has 4 aromatic carbocycles. The maximum Gasteiger partial charge on any atom is 0.258 e. The zero-order valence-electron chi connectivity index (χ0n) is 23.7. The van der Waals surface area contributed by atoms with Crippen molar-refractivity contribution in [3.05, 3.63) is 121 Å². The second-order valence-corrected chi connectivity index (χ2v) is 14.0. The second-order valence-electron chi connectivity index (χ2n) is 9.61. The summed E-state index contributed by atoms with van der Waals surface area (Å²) in [7, 11) is -6.79. The van der Waals surface area contributed by atoms with Crippen LogP contribution in [0.5, 0.6) is 0 Å². The van der Waals surface area contributed by atoms with Gasteiger partial charge >= 0.3 is 0 Å². The zero-order chi connectivity index (χ0) is 30.1. The summed E-state index contributed by atoms with van der Waals surface area (Å²) < 4.78 is 24.3. The van der Waals surface area contributed by atoms with Gasteiger partial charge < -0.3 is 20.0 Å². The average Bonchev–Trinajstić information content (AvgIpc) is 3.00. The second kappa shape index (κ2) is 17.9. The summed E-state index contributed by atoms with van der Waals surface area (Å²) in [5, 5.41) is 20.4. The first-order valence-electron chi connectivity index (χ1n) is 13.9. The van der Waals surface area contributed by atoms with Gasteiger partial charge in [0.2, 0.25) is 0 Å². The first kappa shape index (κ1) is 34.4. The molecule has 0 radical (unpaired) electrons. The van der Waals surface area contributed by atoms with Gasteiger partial charge in [-0.2, -0.15) is 0 Å². The van der Waals surface area contributed by atoms with E-state index >= 15 is 0 Å². The highest BCUT2D eigenvalue weighted by Gasteiger charge is 2.23. The quantitative estimate of drug-likeness (QED) is 0.180. The summed E-state index contributed by atoms with van der Waals surface area (Å²) >= 11 is 0. The lowest BCUT2D eigenvalue weighted by molar-refractivity contribution is 0.0703. The first-order chi connectivity index (χ1) is 19.6. The molecule has 0 bridgehead atoms. The van der Waals surface area contributed by atoms with Gasteiger partial charge in [0.1, 0.15) is 0 Å². The first-order valence-corrected chi connectivity index (χ1v) is 17.2.